The van der Waals surface area contributed by atoms with E-state index in [2.05, 4.69) is 50.5 Å². The van der Waals surface area contributed by atoms with Crippen LogP contribution in [0.15, 0.2) is 41.2 Å². The van der Waals surface area contributed by atoms with E-state index in [0.29, 0.717) is 5.39 Å². The van der Waals surface area contributed by atoms with Crippen LogP contribution in [0.2, 0.25) is 0 Å². The Morgan fingerprint density at radius 2 is 1.62 bits per heavy atom. The average molecular weight is 454 g/mol. The zero-order chi connectivity index (χ0) is 20.7. The molecule has 0 aliphatic rings. The van der Waals surface area contributed by atoms with Gasteiger partial charge in [0.2, 0.25) is 0 Å². The summed E-state index contributed by atoms with van der Waals surface area (Å²) in [5, 5.41) is 8.60. The van der Waals surface area contributed by atoms with Crippen molar-refractivity contribution < 1.29 is 4.74 Å². The number of fused-ring (bicyclic) bond motifs is 4. The van der Waals surface area contributed by atoms with E-state index in [1.807, 2.05) is 18.2 Å². The van der Waals surface area contributed by atoms with Crippen molar-refractivity contribution in [1.29, 1.82) is 0 Å². The monoisotopic (exact) mass is 455 g/mol. The molecule has 5 nitrogen and oxygen atoms in total. The minimum atomic E-state index is 0.0133. The van der Waals surface area contributed by atoms with Crippen molar-refractivity contribution in [2.75, 3.05) is 17.7 Å². The molecular weight excluding hydrogens is 429 g/mol. The van der Waals surface area contributed by atoms with E-state index in [4.69, 9.17) is 9.72 Å². The number of rotatable bonds is 5. The maximum atomic E-state index is 12.9. The van der Waals surface area contributed by atoms with Crippen LogP contribution < -0.4 is 20.8 Å². The fourth-order valence-corrected chi connectivity index (χ4v) is 5.68. The molecule has 0 bridgehead atoms. The van der Waals surface area contributed by atoms with Gasteiger partial charge in [-0.1, -0.05) is 0 Å². The number of methoxy groups -OCH3 is 1. The number of aromatic nitrogens is 1. The normalized spacial score (nSPS) is 11.7. The fourth-order valence-electron chi connectivity index (χ4n) is 3.57. The summed E-state index contributed by atoms with van der Waals surface area (Å²) < 4.78 is 7.79. The zero-order valence-electron chi connectivity index (χ0n) is 17.3. The standard InChI is InChI=1S/C23H25N3O2Se/c1-12(2)24-15-7-8-18(27)21-17(25-13(3)4)11-20-23(22(15)21)26-16-10-14(28-5)6-9-19(16)29-20/h6-13,24-25H,1-5H3. The molecule has 2 N–H and O–H groups in total. The zero-order valence-corrected chi connectivity index (χ0v) is 19.0. The van der Waals surface area contributed by atoms with E-state index < -0.39 is 0 Å². The first-order chi connectivity index (χ1) is 13.9. The summed E-state index contributed by atoms with van der Waals surface area (Å²) in [5.41, 5.74) is 3.68. The van der Waals surface area contributed by atoms with Gasteiger partial charge in [-0.3, -0.25) is 0 Å². The molecule has 0 saturated heterocycles. The second-order valence-electron chi connectivity index (χ2n) is 7.78. The van der Waals surface area contributed by atoms with Crippen LogP contribution >= 0.6 is 0 Å². The molecule has 0 radical (unpaired) electrons. The average Bonchev–Trinajstić information content (AvgIpc) is 2.67. The molecule has 3 aromatic carbocycles. The molecule has 29 heavy (non-hydrogen) atoms. The number of nitrogens with one attached hydrogen (secondary N) is 2. The quantitative estimate of drug-likeness (QED) is 0.262. The van der Waals surface area contributed by atoms with Crippen LogP contribution in [0.1, 0.15) is 27.7 Å². The van der Waals surface area contributed by atoms with Gasteiger partial charge in [0.15, 0.2) is 0 Å². The Bertz CT molecular complexity index is 1280. The van der Waals surface area contributed by atoms with Crippen molar-refractivity contribution in [3.8, 4) is 5.75 Å². The van der Waals surface area contributed by atoms with Gasteiger partial charge in [0.05, 0.1) is 0 Å². The molecule has 4 rings (SSSR count). The predicted octanol–water partition coefficient (Wildman–Crippen LogP) is 4.61. The maximum absolute atomic E-state index is 12.9. The SMILES string of the molecule is COc1ccc2[se]c3cc(NC(C)C)c4c(=O)ccc(NC(C)C)c4c3nc2c1. The van der Waals surface area contributed by atoms with Gasteiger partial charge < -0.3 is 0 Å². The van der Waals surface area contributed by atoms with Gasteiger partial charge in [-0.2, -0.15) is 0 Å². The molecule has 0 atom stereocenters. The number of ether oxygens (including phenoxy) is 1. The Hall–Kier alpha value is -2.56. The van der Waals surface area contributed by atoms with Crippen molar-refractivity contribution in [3.05, 3.63) is 46.6 Å². The van der Waals surface area contributed by atoms with Gasteiger partial charge in [0.1, 0.15) is 0 Å². The number of hydrogen-bond donors (Lipinski definition) is 2. The molecule has 0 spiro atoms. The predicted molar refractivity (Wildman–Crippen MR) is 124 cm³/mol. The summed E-state index contributed by atoms with van der Waals surface area (Å²) in [6.07, 6.45) is 0. The first-order valence-corrected chi connectivity index (χ1v) is 11.5. The van der Waals surface area contributed by atoms with Gasteiger partial charge in [-0.05, 0) is 0 Å². The van der Waals surface area contributed by atoms with Gasteiger partial charge in [-0.25, -0.2) is 0 Å². The van der Waals surface area contributed by atoms with Crippen molar-refractivity contribution in [2.45, 2.75) is 39.8 Å². The molecule has 0 aliphatic carbocycles. The first-order valence-electron chi connectivity index (χ1n) is 9.78. The molecule has 6 heteroatoms. The van der Waals surface area contributed by atoms with Crippen molar-refractivity contribution in [3.63, 3.8) is 0 Å². The molecule has 1 heterocycles. The van der Waals surface area contributed by atoms with Crippen LogP contribution in [-0.4, -0.2) is 38.7 Å². The van der Waals surface area contributed by atoms with E-state index in [0.717, 1.165) is 33.5 Å². The molecule has 0 fully saturated rings. The van der Waals surface area contributed by atoms with E-state index in [1.54, 1.807) is 13.2 Å². The van der Waals surface area contributed by atoms with Crippen molar-refractivity contribution in [1.82, 2.24) is 4.98 Å². The van der Waals surface area contributed by atoms with Crippen LogP contribution in [0.3, 0.4) is 0 Å². The summed E-state index contributed by atoms with van der Waals surface area (Å²) in [6, 6.07) is 12.2. The van der Waals surface area contributed by atoms with E-state index in [1.165, 1.54) is 8.52 Å². The van der Waals surface area contributed by atoms with Crippen LogP contribution in [0.5, 0.6) is 5.75 Å². The molecule has 4 aromatic rings. The number of hydrogen-bond acceptors (Lipinski definition) is 5. The Morgan fingerprint density at radius 3 is 2.31 bits per heavy atom. The van der Waals surface area contributed by atoms with Crippen LogP contribution in [0, 0.1) is 0 Å². The Morgan fingerprint density at radius 1 is 0.897 bits per heavy atom. The number of nitrogens with zero attached hydrogens (tertiary/aromatic N) is 1. The third-order valence-corrected chi connectivity index (χ3v) is 6.99. The fraction of sp³-hybridized carbons (Fsp3) is 0.304. The molecule has 1 aromatic heterocycles. The third kappa shape index (κ3) is 3.70. The molecular formula is C23H25N3O2Se. The second-order valence-corrected chi connectivity index (χ2v) is 10.1. The Kier molecular flexibility index (Phi) is 5.24. The topological polar surface area (TPSA) is 63.2 Å². The molecule has 0 unspecified atom stereocenters. The molecule has 0 amide bonds. The summed E-state index contributed by atoms with van der Waals surface area (Å²) in [5.74, 6) is 0.791. The van der Waals surface area contributed by atoms with E-state index >= 15 is 0 Å². The molecule has 150 valence electrons. The molecule has 0 saturated carbocycles. The second kappa shape index (κ2) is 7.69. The van der Waals surface area contributed by atoms with Gasteiger partial charge in [0.25, 0.3) is 0 Å². The third-order valence-electron chi connectivity index (χ3n) is 4.69. The molecule has 0 aliphatic heterocycles. The van der Waals surface area contributed by atoms with Crippen LogP contribution in [-0.2, 0) is 0 Å². The van der Waals surface area contributed by atoms with Gasteiger partial charge in [-0.15, -0.1) is 0 Å². The van der Waals surface area contributed by atoms with Crippen LogP contribution in [0.25, 0.3) is 30.3 Å². The summed E-state index contributed by atoms with van der Waals surface area (Å²) in [6.45, 7) is 8.37. The Balaban J connectivity index is 2.17. The first kappa shape index (κ1) is 19.7. The van der Waals surface area contributed by atoms with E-state index in [-0.39, 0.29) is 32.0 Å². The van der Waals surface area contributed by atoms with Gasteiger partial charge in [0, 0.05) is 0 Å². The van der Waals surface area contributed by atoms with Crippen molar-refractivity contribution in [2.24, 2.45) is 0 Å². The summed E-state index contributed by atoms with van der Waals surface area (Å²) >= 11 is 0.0915. The number of anilines is 2. The summed E-state index contributed by atoms with van der Waals surface area (Å²) in [7, 11) is 1.66. The Labute approximate surface area is 175 Å². The van der Waals surface area contributed by atoms with Gasteiger partial charge >= 0.3 is 176 Å². The van der Waals surface area contributed by atoms with E-state index in [9.17, 15) is 4.79 Å². The van der Waals surface area contributed by atoms with Crippen LogP contribution in [0.4, 0.5) is 11.4 Å². The summed E-state index contributed by atoms with van der Waals surface area (Å²) in [4.78, 5) is 17.9. The van der Waals surface area contributed by atoms with Crippen molar-refractivity contribution >= 4 is 56.2 Å². The number of benzene rings is 3. The minimum absolute atomic E-state index is 0.0133.